The summed E-state index contributed by atoms with van der Waals surface area (Å²) >= 11 is 7.43. The standard InChI is InChI=1S/C10H8ClNOS/c1-7-6-12-10(14-7)13-9-5-3-2-4-8(9)11/h2-6H,1H3. The van der Waals surface area contributed by atoms with Crippen molar-refractivity contribution in [1.29, 1.82) is 0 Å². The molecular weight excluding hydrogens is 218 g/mol. The number of ether oxygens (including phenoxy) is 1. The molecule has 2 nitrogen and oxygen atoms in total. The minimum absolute atomic E-state index is 0.598. The van der Waals surface area contributed by atoms with Crippen LogP contribution in [0, 0.1) is 6.92 Å². The molecule has 1 aromatic carbocycles. The number of aryl methyl sites for hydroxylation is 1. The molecule has 0 amide bonds. The maximum absolute atomic E-state index is 5.93. The molecule has 4 heteroatoms. The summed E-state index contributed by atoms with van der Waals surface area (Å²) in [6.45, 7) is 1.98. The first-order chi connectivity index (χ1) is 6.75. The van der Waals surface area contributed by atoms with Crippen molar-refractivity contribution >= 4 is 22.9 Å². The first-order valence-electron chi connectivity index (χ1n) is 4.10. The number of thiazole rings is 1. The maximum atomic E-state index is 5.93. The van der Waals surface area contributed by atoms with Gasteiger partial charge in [-0.15, -0.1) is 0 Å². The van der Waals surface area contributed by atoms with Crippen molar-refractivity contribution in [3.63, 3.8) is 0 Å². The molecule has 0 saturated heterocycles. The lowest BCUT2D eigenvalue weighted by atomic mass is 10.3. The van der Waals surface area contributed by atoms with Crippen LogP contribution in [0.25, 0.3) is 0 Å². The van der Waals surface area contributed by atoms with E-state index in [1.807, 2.05) is 25.1 Å². The molecule has 0 aliphatic carbocycles. The van der Waals surface area contributed by atoms with Crippen LogP contribution in [-0.2, 0) is 0 Å². The second kappa shape index (κ2) is 3.98. The molecule has 0 N–H and O–H groups in total. The van der Waals surface area contributed by atoms with Gasteiger partial charge in [0.1, 0.15) is 5.75 Å². The second-order valence-corrected chi connectivity index (χ2v) is 4.37. The summed E-state index contributed by atoms with van der Waals surface area (Å²) in [4.78, 5) is 5.21. The summed E-state index contributed by atoms with van der Waals surface area (Å²) in [5, 5.41) is 1.22. The smallest absolute Gasteiger partial charge is 0.278 e. The Balaban J connectivity index is 2.23. The fraction of sp³-hybridized carbons (Fsp3) is 0.100. The summed E-state index contributed by atoms with van der Waals surface area (Å²) < 4.78 is 5.51. The van der Waals surface area contributed by atoms with Gasteiger partial charge in [-0.05, 0) is 19.1 Å². The van der Waals surface area contributed by atoms with Crippen molar-refractivity contribution in [3.8, 4) is 10.9 Å². The summed E-state index contributed by atoms with van der Waals surface area (Å²) in [7, 11) is 0. The molecule has 0 radical (unpaired) electrons. The number of benzene rings is 1. The Morgan fingerprint density at radius 1 is 1.36 bits per heavy atom. The van der Waals surface area contributed by atoms with Crippen LogP contribution in [-0.4, -0.2) is 4.98 Å². The molecule has 0 aliphatic heterocycles. The van der Waals surface area contributed by atoms with E-state index < -0.39 is 0 Å². The van der Waals surface area contributed by atoms with Crippen molar-refractivity contribution in [2.75, 3.05) is 0 Å². The van der Waals surface area contributed by atoms with Crippen LogP contribution in [0.1, 0.15) is 4.88 Å². The van der Waals surface area contributed by atoms with Gasteiger partial charge in [0, 0.05) is 11.1 Å². The number of halogens is 1. The molecule has 2 aromatic rings. The second-order valence-electron chi connectivity index (χ2n) is 2.77. The number of para-hydroxylation sites is 1. The molecule has 0 unspecified atom stereocenters. The normalized spacial score (nSPS) is 10.1. The van der Waals surface area contributed by atoms with Gasteiger partial charge in [-0.3, -0.25) is 0 Å². The molecule has 0 aliphatic rings. The third-order valence-corrected chi connectivity index (χ3v) is 2.74. The highest BCUT2D eigenvalue weighted by atomic mass is 35.5. The van der Waals surface area contributed by atoms with Gasteiger partial charge in [0.2, 0.25) is 0 Å². The van der Waals surface area contributed by atoms with Crippen molar-refractivity contribution in [1.82, 2.24) is 4.98 Å². The number of rotatable bonds is 2. The third kappa shape index (κ3) is 2.05. The highest BCUT2D eigenvalue weighted by molar-refractivity contribution is 7.13. The van der Waals surface area contributed by atoms with Gasteiger partial charge in [-0.2, -0.15) is 0 Å². The lowest BCUT2D eigenvalue weighted by Gasteiger charge is -2.02. The van der Waals surface area contributed by atoms with E-state index >= 15 is 0 Å². The van der Waals surface area contributed by atoms with E-state index in [0.717, 1.165) is 4.88 Å². The van der Waals surface area contributed by atoms with Crippen molar-refractivity contribution < 1.29 is 4.74 Å². The highest BCUT2D eigenvalue weighted by Crippen LogP contribution is 2.30. The van der Waals surface area contributed by atoms with Gasteiger partial charge in [0.15, 0.2) is 0 Å². The fourth-order valence-electron chi connectivity index (χ4n) is 1.00. The Hall–Kier alpha value is -1.06. The van der Waals surface area contributed by atoms with Crippen LogP contribution in [0.3, 0.4) is 0 Å². The lowest BCUT2D eigenvalue weighted by Crippen LogP contribution is -1.82. The minimum Gasteiger partial charge on any atom is -0.429 e. The average molecular weight is 226 g/mol. The summed E-state index contributed by atoms with van der Waals surface area (Å²) in [6, 6.07) is 7.35. The van der Waals surface area contributed by atoms with E-state index in [2.05, 4.69) is 4.98 Å². The zero-order valence-corrected chi connectivity index (χ0v) is 9.10. The fourth-order valence-corrected chi connectivity index (χ4v) is 1.79. The monoisotopic (exact) mass is 225 g/mol. The number of hydrogen-bond acceptors (Lipinski definition) is 3. The topological polar surface area (TPSA) is 22.1 Å². The van der Waals surface area contributed by atoms with E-state index in [4.69, 9.17) is 16.3 Å². The predicted octanol–water partition coefficient (Wildman–Crippen LogP) is 3.90. The van der Waals surface area contributed by atoms with Crippen LogP contribution < -0.4 is 4.74 Å². The largest absolute Gasteiger partial charge is 0.429 e. The van der Waals surface area contributed by atoms with E-state index in [1.165, 1.54) is 11.3 Å². The average Bonchev–Trinajstić information content (AvgIpc) is 2.56. The summed E-state index contributed by atoms with van der Waals surface area (Å²) in [5.41, 5.74) is 0. The predicted molar refractivity (Wildman–Crippen MR) is 58.4 cm³/mol. The van der Waals surface area contributed by atoms with E-state index in [0.29, 0.717) is 16.0 Å². The Labute approximate surface area is 91.1 Å². The first kappa shape index (κ1) is 9.49. The van der Waals surface area contributed by atoms with Gasteiger partial charge in [-0.25, -0.2) is 4.98 Å². The molecule has 0 atom stereocenters. The quantitative estimate of drug-likeness (QED) is 0.774. The molecule has 0 saturated carbocycles. The molecule has 72 valence electrons. The Morgan fingerprint density at radius 2 is 2.14 bits per heavy atom. The van der Waals surface area contributed by atoms with Crippen LogP contribution in [0.5, 0.6) is 10.9 Å². The zero-order chi connectivity index (χ0) is 9.97. The van der Waals surface area contributed by atoms with Crippen LogP contribution >= 0.6 is 22.9 Å². The maximum Gasteiger partial charge on any atom is 0.278 e. The van der Waals surface area contributed by atoms with Crippen LogP contribution in [0.2, 0.25) is 5.02 Å². The SMILES string of the molecule is Cc1cnc(Oc2ccccc2Cl)s1. The van der Waals surface area contributed by atoms with E-state index in [-0.39, 0.29) is 0 Å². The van der Waals surface area contributed by atoms with Crippen LogP contribution in [0.15, 0.2) is 30.5 Å². The Bertz CT molecular complexity index is 441. The van der Waals surface area contributed by atoms with Crippen molar-refractivity contribution in [2.45, 2.75) is 6.92 Å². The molecule has 0 bridgehead atoms. The van der Waals surface area contributed by atoms with Crippen molar-refractivity contribution in [3.05, 3.63) is 40.4 Å². The first-order valence-corrected chi connectivity index (χ1v) is 5.30. The molecular formula is C10H8ClNOS. The Kier molecular flexibility index (Phi) is 2.70. The Morgan fingerprint density at radius 3 is 2.79 bits per heavy atom. The number of aromatic nitrogens is 1. The molecule has 1 heterocycles. The van der Waals surface area contributed by atoms with Crippen molar-refractivity contribution in [2.24, 2.45) is 0 Å². The molecule has 2 rings (SSSR count). The van der Waals surface area contributed by atoms with Gasteiger partial charge in [-0.1, -0.05) is 35.1 Å². The molecule has 14 heavy (non-hydrogen) atoms. The van der Waals surface area contributed by atoms with Gasteiger partial charge < -0.3 is 4.74 Å². The lowest BCUT2D eigenvalue weighted by molar-refractivity contribution is 0.479. The van der Waals surface area contributed by atoms with Gasteiger partial charge in [0.05, 0.1) is 5.02 Å². The summed E-state index contributed by atoms with van der Waals surface area (Å²) in [5.74, 6) is 0.642. The minimum atomic E-state index is 0.598. The third-order valence-electron chi connectivity index (χ3n) is 1.63. The van der Waals surface area contributed by atoms with Gasteiger partial charge in [0.25, 0.3) is 5.19 Å². The highest BCUT2D eigenvalue weighted by Gasteiger charge is 2.04. The number of nitrogens with zero attached hydrogens (tertiary/aromatic N) is 1. The molecule has 0 fully saturated rings. The van der Waals surface area contributed by atoms with Crippen LogP contribution in [0.4, 0.5) is 0 Å². The zero-order valence-electron chi connectivity index (χ0n) is 7.53. The van der Waals surface area contributed by atoms with E-state index in [1.54, 1.807) is 12.3 Å². The van der Waals surface area contributed by atoms with Gasteiger partial charge >= 0.3 is 0 Å². The summed E-state index contributed by atoms with van der Waals surface area (Å²) in [6.07, 6.45) is 1.77. The van der Waals surface area contributed by atoms with E-state index in [9.17, 15) is 0 Å². The molecule has 1 aromatic heterocycles. The molecule has 0 spiro atoms. The number of hydrogen-bond donors (Lipinski definition) is 0.